The fourth-order valence-corrected chi connectivity index (χ4v) is 1.43. The highest BCUT2D eigenvalue weighted by Gasteiger charge is 2.87. The standard InChI is InChI=1S/C5HBrF7NO/c6-1(15)4(10)5(11,12)3(8,9)2(7)14(4)13/h2H/t2?,4-/m1/s1. The Morgan fingerprint density at radius 3 is 1.73 bits per heavy atom. The van der Waals surface area contributed by atoms with Crippen molar-refractivity contribution >= 4 is 20.6 Å². The Hall–Kier alpha value is -0.380. The number of alkyl halides is 6. The Morgan fingerprint density at radius 1 is 1.20 bits per heavy atom. The van der Waals surface area contributed by atoms with Gasteiger partial charge in [0.05, 0.1) is 0 Å². The Kier molecular flexibility index (Phi) is 2.59. The molecule has 15 heavy (non-hydrogen) atoms. The molecule has 1 saturated heterocycles. The summed E-state index contributed by atoms with van der Waals surface area (Å²) in [5.74, 6) is -16.5. The number of halogens is 8. The highest BCUT2D eigenvalue weighted by molar-refractivity contribution is 9.18. The second-order valence-corrected chi connectivity index (χ2v) is 3.46. The Morgan fingerprint density at radius 2 is 1.60 bits per heavy atom. The summed E-state index contributed by atoms with van der Waals surface area (Å²) in [6.45, 7) is 0. The van der Waals surface area contributed by atoms with Crippen LogP contribution in [0.1, 0.15) is 0 Å². The zero-order valence-corrected chi connectivity index (χ0v) is 8.04. The van der Waals surface area contributed by atoms with Crippen molar-refractivity contribution in [2.45, 2.75) is 23.9 Å². The van der Waals surface area contributed by atoms with Crippen molar-refractivity contribution in [1.82, 2.24) is 5.12 Å². The minimum absolute atomic E-state index is 1.58. The maximum atomic E-state index is 13.0. The van der Waals surface area contributed by atoms with Crippen LogP contribution in [0.2, 0.25) is 0 Å². The van der Waals surface area contributed by atoms with Crippen LogP contribution in [0.25, 0.3) is 0 Å². The minimum Gasteiger partial charge on any atom is -0.281 e. The van der Waals surface area contributed by atoms with Crippen LogP contribution in [0, 0.1) is 0 Å². The van der Waals surface area contributed by atoms with E-state index >= 15 is 0 Å². The summed E-state index contributed by atoms with van der Waals surface area (Å²) in [6, 6.07) is 0. The largest absolute Gasteiger partial charge is 0.371 e. The zero-order chi connectivity index (χ0) is 12.2. The molecule has 2 atom stereocenters. The summed E-state index contributed by atoms with van der Waals surface area (Å²) in [5, 5.41) is -2.13. The van der Waals surface area contributed by atoms with Gasteiger partial charge in [-0.3, -0.25) is 4.79 Å². The molecule has 1 fully saturated rings. The molecule has 0 aliphatic carbocycles. The lowest BCUT2D eigenvalue weighted by molar-refractivity contribution is -0.249. The Balaban J connectivity index is 3.39. The van der Waals surface area contributed by atoms with Gasteiger partial charge in [0.1, 0.15) is 0 Å². The van der Waals surface area contributed by atoms with Crippen LogP contribution in [0.15, 0.2) is 0 Å². The van der Waals surface area contributed by atoms with E-state index in [0.29, 0.717) is 0 Å². The first-order valence-electron chi connectivity index (χ1n) is 3.25. The molecule has 0 N–H and O–H groups in total. The molecule has 10 heteroatoms. The fourth-order valence-electron chi connectivity index (χ4n) is 1.01. The van der Waals surface area contributed by atoms with Gasteiger partial charge >= 0.3 is 17.6 Å². The highest BCUT2D eigenvalue weighted by atomic mass is 79.9. The maximum absolute atomic E-state index is 13.0. The van der Waals surface area contributed by atoms with Gasteiger partial charge in [-0.2, -0.15) is 17.6 Å². The number of hydrogen-bond acceptors (Lipinski definition) is 2. The van der Waals surface area contributed by atoms with Gasteiger partial charge in [0.25, 0.3) is 11.0 Å². The number of rotatable bonds is 1. The van der Waals surface area contributed by atoms with E-state index in [-0.39, 0.29) is 0 Å². The van der Waals surface area contributed by atoms with Crippen molar-refractivity contribution in [2.24, 2.45) is 0 Å². The van der Waals surface area contributed by atoms with Crippen LogP contribution < -0.4 is 0 Å². The number of carbonyl (C=O) groups excluding carboxylic acids is 1. The molecule has 0 amide bonds. The van der Waals surface area contributed by atoms with Gasteiger partial charge in [-0.1, -0.05) is 5.12 Å². The molecular formula is C5HBrF7NO. The van der Waals surface area contributed by atoms with Crippen molar-refractivity contribution in [3.8, 4) is 0 Å². The second-order valence-electron chi connectivity index (χ2n) is 2.74. The molecule has 1 rings (SSSR count). The predicted octanol–water partition coefficient (Wildman–Crippen LogP) is 2.34. The molecule has 2 nitrogen and oxygen atoms in total. The minimum atomic E-state index is -5.81. The Labute approximate surface area is 86.1 Å². The van der Waals surface area contributed by atoms with Crippen LogP contribution in [-0.2, 0) is 4.79 Å². The third kappa shape index (κ3) is 1.17. The van der Waals surface area contributed by atoms with Gasteiger partial charge in [0, 0.05) is 0 Å². The monoisotopic (exact) mass is 303 g/mol. The van der Waals surface area contributed by atoms with E-state index in [2.05, 4.69) is 0 Å². The molecule has 0 aromatic rings. The van der Waals surface area contributed by atoms with Gasteiger partial charge in [0.2, 0.25) is 0 Å². The van der Waals surface area contributed by atoms with Gasteiger partial charge < -0.3 is 0 Å². The average Bonchev–Trinajstić information content (AvgIpc) is 2.19. The van der Waals surface area contributed by atoms with Gasteiger partial charge in [0.15, 0.2) is 0 Å². The lowest BCUT2D eigenvalue weighted by atomic mass is 10.1. The first-order chi connectivity index (χ1) is 6.51. The molecule has 0 radical (unpaired) electrons. The van der Waals surface area contributed by atoms with E-state index in [4.69, 9.17) is 0 Å². The van der Waals surface area contributed by atoms with E-state index in [9.17, 15) is 35.6 Å². The van der Waals surface area contributed by atoms with Crippen molar-refractivity contribution in [2.75, 3.05) is 0 Å². The quantitative estimate of drug-likeness (QED) is 0.321. The van der Waals surface area contributed by atoms with Gasteiger partial charge in [-0.25, -0.2) is 8.78 Å². The van der Waals surface area contributed by atoms with E-state index in [1.807, 2.05) is 0 Å². The normalized spacial score (nSPS) is 39.3. The van der Waals surface area contributed by atoms with Crippen molar-refractivity contribution in [3.05, 3.63) is 0 Å². The summed E-state index contributed by atoms with van der Waals surface area (Å²) < 4.78 is 85.5. The van der Waals surface area contributed by atoms with E-state index in [1.165, 1.54) is 0 Å². The molecular weight excluding hydrogens is 303 g/mol. The molecule has 0 aromatic carbocycles. The number of carbonyl (C=O) groups is 1. The van der Waals surface area contributed by atoms with Gasteiger partial charge in [-0.15, -0.1) is 4.48 Å². The van der Waals surface area contributed by atoms with Crippen LogP contribution in [0.3, 0.4) is 0 Å². The third-order valence-corrected chi connectivity index (χ3v) is 2.41. The van der Waals surface area contributed by atoms with Crippen molar-refractivity contribution in [1.29, 1.82) is 0 Å². The number of hydrogen-bond donors (Lipinski definition) is 0. The molecule has 1 aliphatic rings. The predicted molar refractivity (Wildman–Crippen MR) is 35.5 cm³/mol. The molecule has 0 aromatic heterocycles. The first-order valence-corrected chi connectivity index (χ1v) is 4.04. The van der Waals surface area contributed by atoms with Crippen LogP contribution in [-0.4, -0.2) is 33.7 Å². The fraction of sp³-hybridized carbons (Fsp3) is 0.800. The summed E-state index contributed by atoms with van der Waals surface area (Å²) in [6.07, 6.45) is -4.24. The second kappa shape index (κ2) is 3.06. The molecule has 0 saturated carbocycles. The molecule has 0 spiro atoms. The zero-order valence-electron chi connectivity index (χ0n) is 6.46. The summed E-state index contributed by atoms with van der Waals surface area (Å²) in [5.41, 5.74) is 0. The van der Waals surface area contributed by atoms with Crippen LogP contribution in [0.5, 0.6) is 0 Å². The lowest BCUT2D eigenvalue weighted by Crippen LogP contribution is -2.55. The van der Waals surface area contributed by atoms with E-state index in [1.54, 1.807) is 15.9 Å². The lowest BCUT2D eigenvalue weighted by Gasteiger charge is -2.25. The third-order valence-electron chi connectivity index (χ3n) is 1.89. The van der Waals surface area contributed by atoms with Crippen LogP contribution >= 0.6 is 15.9 Å². The first kappa shape index (κ1) is 12.7. The molecule has 1 unspecified atom stereocenters. The summed E-state index contributed by atoms with van der Waals surface area (Å²) >= 11 is 1.58. The molecule has 88 valence electrons. The topological polar surface area (TPSA) is 20.3 Å². The number of nitrogens with zero attached hydrogens (tertiary/aromatic N) is 1. The molecule has 0 bridgehead atoms. The highest BCUT2D eigenvalue weighted by Crippen LogP contribution is 2.57. The maximum Gasteiger partial charge on any atom is 0.371 e. The van der Waals surface area contributed by atoms with E-state index in [0.717, 1.165) is 0 Å². The van der Waals surface area contributed by atoms with Gasteiger partial charge in [-0.05, 0) is 15.9 Å². The van der Waals surface area contributed by atoms with Crippen molar-refractivity contribution in [3.63, 3.8) is 0 Å². The summed E-state index contributed by atoms with van der Waals surface area (Å²) in [7, 11) is 0. The summed E-state index contributed by atoms with van der Waals surface area (Å²) in [4.78, 5) is 10.3. The average molecular weight is 304 g/mol. The SMILES string of the molecule is O=C(Br)[C@@]1(F)N(F)C(F)C(F)(F)C1(F)F. The van der Waals surface area contributed by atoms with E-state index < -0.39 is 33.7 Å². The van der Waals surface area contributed by atoms with Crippen molar-refractivity contribution < 1.29 is 35.6 Å². The Bertz CT molecular complexity index is 310. The molecule has 1 aliphatic heterocycles. The van der Waals surface area contributed by atoms with Crippen LogP contribution in [0.4, 0.5) is 30.8 Å². The smallest absolute Gasteiger partial charge is 0.281 e. The molecule has 1 heterocycles.